The lowest BCUT2D eigenvalue weighted by molar-refractivity contribution is 0.0824. The Morgan fingerprint density at radius 2 is 1.82 bits per heavy atom. The van der Waals surface area contributed by atoms with Crippen LogP contribution >= 0.6 is 0 Å². The van der Waals surface area contributed by atoms with Gasteiger partial charge in [-0.2, -0.15) is 0 Å². The van der Waals surface area contributed by atoms with Gasteiger partial charge in [-0.25, -0.2) is 0 Å². The number of amides is 1. The molecule has 0 fully saturated rings. The molecule has 2 aromatic carbocycles. The van der Waals surface area contributed by atoms with Crippen molar-refractivity contribution in [3.05, 3.63) is 74.3 Å². The summed E-state index contributed by atoms with van der Waals surface area (Å²) < 4.78 is 6.30. The van der Waals surface area contributed by atoms with E-state index in [0.29, 0.717) is 12.2 Å². The molecule has 10 nitrogen and oxygen atoms in total. The summed E-state index contributed by atoms with van der Waals surface area (Å²) in [6, 6.07) is 11.7. The van der Waals surface area contributed by atoms with E-state index < -0.39 is 17.0 Å². The molecule has 0 bridgehead atoms. The number of H-pyrrole nitrogens is 1. The Labute approximate surface area is 196 Å². The lowest BCUT2D eigenvalue weighted by atomic mass is 10.0. The first kappa shape index (κ1) is 24.4. The number of nitrogens with zero attached hydrogens (tertiary/aromatic N) is 2. The van der Waals surface area contributed by atoms with E-state index in [1.165, 1.54) is 24.1 Å². The van der Waals surface area contributed by atoms with Crippen molar-refractivity contribution in [3.63, 3.8) is 0 Å². The largest absolute Gasteiger partial charge is 0.505 e. The number of anilines is 3. The van der Waals surface area contributed by atoms with E-state index in [9.17, 15) is 19.5 Å². The molecule has 0 spiro atoms. The van der Waals surface area contributed by atoms with Gasteiger partial charge < -0.3 is 25.4 Å². The molecule has 1 aromatic heterocycles. The number of hydrogen-bond acceptors (Lipinski definition) is 7. The molecule has 0 saturated heterocycles. The summed E-state index contributed by atoms with van der Waals surface area (Å²) >= 11 is 0. The van der Waals surface area contributed by atoms with E-state index in [0.717, 1.165) is 10.2 Å². The minimum Gasteiger partial charge on any atom is -0.505 e. The fourth-order valence-electron chi connectivity index (χ4n) is 3.52. The highest BCUT2D eigenvalue weighted by Crippen LogP contribution is 2.32. The number of phenolic OH excluding ortho intramolecular Hbond substituents is 1. The third kappa shape index (κ3) is 4.90. The molecule has 3 aromatic rings. The Bertz CT molecular complexity index is 1290. The minimum absolute atomic E-state index is 0.0395. The van der Waals surface area contributed by atoms with Crippen molar-refractivity contribution in [2.24, 2.45) is 7.05 Å². The van der Waals surface area contributed by atoms with Gasteiger partial charge in [0.05, 0.1) is 24.4 Å². The van der Waals surface area contributed by atoms with Gasteiger partial charge in [0.25, 0.3) is 17.0 Å². The highest BCUT2D eigenvalue weighted by Gasteiger charge is 2.21. The van der Waals surface area contributed by atoms with Gasteiger partial charge in [-0.05, 0) is 36.2 Å². The van der Waals surface area contributed by atoms with Crippen LogP contribution in [0.4, 0.5) is 17.1 Å². The number of aryl methyl sites for hydroxylation is 1. The summed E-state index contributed by atoms with van der Waals surface area (Å²) in [5.41, 5.74) is 0.0175. The number of carbonyl (C=O) groups excluding carboxylic acids is 1. The molecular formula is C24H29N5O5. The number of ether oxygens (including phenoxy) is 1. The molecule has 0 radical (unpaired) electrons. The molecule has 0 aliphatic heterocycles. The molecule has 10 heteroatoms. The van der Waals surface area contributed by atoms with Crippen molar-refractivity contribution in [2.45, 2.75) is 19.4 Å². The van der Waals surface area contributed by atoms with E-state index in [-0.39, 0.29) is 34.4 Å². The smallest absolute Gasteiger partial charge is 0.290 e. The Morgan fingerprint density at radius 1 is 1.15 bits per heavy atom. The van der Waals surface area contributed by atoms with Crippen LogP contribution in [0, 0.1) is 0 Å². The molecule has 34 heavy (non-hydrogen) atoms. The average Bonchev–Trinajstić information content (AvgIpc) is 2.83. The zero-order valence-electron chi connectivity index (χ0n) is 19.8. The van der Waals surface area contributed by atoms with Gasteiger partial charge in [0.1, 0.15) is 17.1 Å². The number of aromatic amines is 1. The fourth-order valence-corrected chi connectivity index (χ4v) is 3.52. The predicted octanol–water partition coefficient (Wildman–Crippen LogP) is 2.80. The number of phenols is 1. The maximum atomic E-state index is 13.0. The van der Waals surface area contributed by atoms with Crippen LogP contribution in [0.2, 0.25) is 0 Å². The van der Waals surface area contributed by atoms with Crippen LogP contribution in [0.15, 0.2) is 52.1 Å². The number of carbonyl (C=O) groups is 1. The Morgan fingerprint density at radius 3 is 2.41 bits per heavy atom. The van der Waals surface area contributed by atoms with Crippen LogP contribution in [0.3, 0.4) is 0 Å². The van der Waals surface area contributed by atoms with Crippen molar-refractivity contribution in [3.8, 4) is 11.5 Å². The average molecular weight is 468 g/mol. The Hall–Kier alpha value is -4.21. The summed E-state index contributed by atoms with van der Waals surface area (Å²) in [5.74, 6) is -0.0204. The maximum Gasteiger partial charge on any atom is 0.290 e. The zero-order valence-corrected chi connectivity index (χ0v) is 19.8. The number of benzene rings is 2. The van der Waals surface area contributed by atoms with Crippen molar-refractivity contribution in [1.29, 1.82) is 0 Å². The molecule has 0 aliphatic rings. The van der Waals surface area contributed by atoms with Crippen LogP contribution in [0.25, 0.3) is 0 Å². The molecule has 1 unspecified atom stereocenters. The Balaban J connectivity index is 2.06. The van der Waals surface area contributed by atoms with Gasteiger partial charge in [0, 0.05) is 21.1 Å². The van der Waals surface area contributed by atoms with Crippen LogP contribution < -0.4 is 26.5 Å². The molecular weight excluding hydrogens is 438 g/mol. The van der Waals surface area contributed by atoms with Crippen LogP contribution in [-0.2, 0) is 7.05 Å². The molecule has 1 heterocycles. The molecule has 0 saturated carbocycles. The van der Waals surface area contributed by atoms with E-state index in [2.05, 4.69) is 15.7 Å². The number of aromatic hydroxyl groups is 1. The molecule has 3 rings (SSSR count). The van der Waals surface area contributed by atoms with E-state index in [1.807, 2.05) is 31.2 Å². The van der Waals surface area contributed by atoms with Crippen molar-refractivity contribution in [1.82, 2.24) is 14.7 Å². The second-order valence-corrected chi connectivity index (χ2v) is 7.96. The SMILES string of the molecule is CCC(Nc1c(Nc2cccc(C(=O)N(C)C)c2O)c(=O)[nH]n(C)c1=O)c1ccc(OC)cc1. The summed E-state index contributed by atoms with van der Waals surface area (Å²) in [5, 5.41) is 19.2. The van der Waals surface area contributed by atoms with Crippen molar-refractivity contribution < 1.29 is 14.6 Å². The first-order chi connectivity index (χ1) is 16.2. The third-order valence-electron chi connectivity index (χ3n) is 5.44. The topological polar surface area (TPSA) is 129 Å². The molecule has 0 aliphatic carbocycles. The standard InChI is InChI=1S/C24H29N5O5/c1-6-17(14-10-12-15(34-5)13-11-14)25-20-19(22(31)27-29(4)24(20)33)26-18-9-7-8-16(21(18)30)23(32)28(2)3/h7-13,17,25-26,30H,6H2,1-5H3,(H,27,31). The van der Waals surface area contributed by atoms with Gasteiger partial charge in [0.2, 0.25) is 0 Å². The van der Waals surface area contributed by atoms with Crippen molar-refractivity contribution in [2.75, 3.05) is 31.8 Å². The zero-order chi connectivity index (χ0) is 25.0. The minimum atomic E-state index is -0.571. The van der Waals surface area contributed by atoms with Crippen LogP contribution in [0.5, 0.6) is 11.5 Å². The normalized spacial score (nSPS) is 11.6. The predicted molar refractivity (Wildman–Crippen MR) is 131 cm³/mol. The third-order valence-corrected chi connectivity index (χ3v) is 5.44. The molecule has 180 valence electrons. The van der Waals surface area contributed by atoms with E-state index in [1.54, 1.807) is 27.3 Å². The number of rotatable bonds is 8. The fraction of sp³-hybridized carbons (Fsp3) is 0.292. The van der Waals surface area contributed by atoms with Gasteiger partial charge in [-0.1, -0.05) is 25.1 Å². The maximum absolute atomic E-state index is 13.0. The second kappa shape index (κ2) is 10.2. The number of methoxy groups -OCH3 is 1. The Kier molecular flexibility index (Phi) is 7.30. The summed E-state index contributed by atoms with van der Waals surface area (Å²) in [6.45, 7) is 1.95. The lowest BCUT2D eigenvalue weighted by Gasteiger charge is -2.21. The first-order valence-corrected chi connectivity index (χ1v) is 10.7. The number of nitrogens with one attached hydrogen (secondary N) is 3. The van der Waals surface area contributed by atoms with Gasteiger partial charge in [-0.15, -0.1) is 0 Å². The lowest BCUT2D eigenvalue weighted by Crippen LogP contribution is -2.32. The van der Waals surface area contributed by atoms with Gasteiger partial charge in [-0.3, -0.25) is 24.2 Å². The molecule has 4 N–H and O–H groups in total. The quantitative estimate of drug-likeness (QED) is 0.375. The highest BCUT2D eigenvalue weighted by atomic mass is 16.5. The first-order valence-electron chi connectivity index (χ1n) is 10.7. The molecule has 1 amide bonds. The van der Waals surface area contributed by atoms with Gasteiger partial charge >= 0.3 is 0 Å². The molecule has 1 atom stereocenters. The number of para-hydroxylation sites is 1. The summed E-state index contributed by atoms with van der Waals surface area (Å²) in [7, 11) is 6.17. The van der Waals surface area contributed by atoms with E-state index >= 15 is 0 Å². The highest BCUT2D eigenvalue weighted by molar-refractivity contribution is 5.98. The second-order valence-electron chi connectivity index (χ2n) is 7.96. The van der Waals surface area contributed by atoms with Crippen LogP contribution in [0.1, 0.15) is 35.3 Å². The van der Waals surface area contributed by atoms with Gasteiger partial charge in [0.15, 0.2) is 5.75 Å². The van der Waals surface area contributed by atoms with Crippen LogP contribution in [-0.4, -0.2) is 46.9 Å². The number of aromatic nitrogens is 2. The summed E-state index contributed by atoms with van der Waals surface area (Å²) in [4.78, 5) is 39.6. The van der Waals surface area contributed by atoms with Crippen molar-refractivity contribution >= 4 is 23.0 Å². The number of hydrogen-bond donors (Lipinski definition) is 4. The monoisotopic (exact) mass is 467 g/mol. The summed E-state index contributed by atoms with van der Waals surface area (Å²) in [6.07, 6.45) is 0.625. The van der Waals surface area contributed by atoms with E-state index in [4.69, 9.17) is 4.74 Å².